The molecule has 5 N–H and O–H groups in total. The van der Waals surface area contributed by atoms with Crippen molar-refractivity contribution in [2.45, 2.75) is 89.3 Å². The van der Waals surface area contributed by atoms with Crippen LogP contribution < -0.4 is 11.5 Å². The fourth-order valence-corrected chi connectivity index (χ4v) is 6.05. The number of rotatable bonds is 13. The molecule has 0 saturated carbocycles. The number of likely N-dealkylation sites (tertiary alicyclic amines) is 1. The molecule has 1 saturated heterocycles. The molecule has 12 heteroatoms. The van der Waals surface area contributed by atoms with E-state index < -0.39 is 76.5 Å². The fourth-order valence-electron chi connectivity index (χ4n) is 5.08. The van der Waals surface area contributed by atoms with E-state index in [1.54, 1.807) is 13.8 Å². The van der Waals surface area contributed by atoms with Gasteiger partial charge in [0.25, 0.3) is 5.24 Å². The van der Waals surface area contributed by atoms with Crippen molar-refractivity contribution in [3.05, 3.63) is 35.9 Å². The van der Waals surface area contributed by atoms with E-state index in [1.165, 1.54) is 25.7 Å². The summed E-state index contributed by atoms with van der Waals surface area (Å²) in [6, 6.07) is 4.39. The molecule has 1 heterocycles. The summed E-state index contributed by atoms with van der Waals surface area (Å²) in [5.41, 5.74) is 10.2. The smallest absolute Gasteiger partial charge is 0.304 e. The average Bonchev–Trinajstić information content (AvgIpc) is 3.38. The Bertz CT molecular complexity index is 1100. The Morgan fingerprint density at radius 3 is 2.02 bits per heavy atom. The zero-order chi connectivity index (χ0) is 30.4. The topological polar surface area (TPSA) is 181 Å². The number of hydrogen-bond donors (Lipinski definition) is 3. The third-order valence-electron chi connectivity index (χ3n) is 6.92. The molecule has 1 aliphatic heterocycles. The summed E-state index contributed by atoms with van der Waals surface area (Å²) in [4.78, 5) is 83.0. The molecule has 0 radical (unpaired) electrons. The second-order valence-corrected chi connectivity index (χ2v) is 11.5. The largest absolute Gasteiger partial charge is 0.481 e. The van der Waals surface area contributed by atoms with Crippen LogP contribution in [0.5, 0.6) is 0 Å². The Hall–Kier alpha value is -3.09. The summed E-state index contributed by atoms with van der Waals surface area (Å²) in [6.07, 6.45) is 0.0582. The zero-order valence-electron chi connectivity index (χ0n) is 23.7. The minimum absolute atomic E-state index is 0.127. The first-order chi connectivity index (χ1) is 18.7. The van der Waals surface area contributed by atoms with Gasteiger partial charge < -0.3 is 26.4 Å². The molecular formula is C28H40N4O7S. The molecule has 1 aliphatic rings. The molecule has 1 aromatic rings. The lowest BCUT2D eigenvalue weighted by Gasteiger charge is -2.45. The molecule has 40 heavy (non-hydrogen) atoms. The van der Waals surface area contributed by atoms with Crippen molar-refractivity contribution in [1.82, 2.24) is 9.80 Å². The highest BCUT2D eigenvalue weighted by Crippen LogP contribution is 2.35. The Balaban J connectivity index is 2.68. The quantitative estimate of drug-likeness (QED) is 0.294. The predicted octanol–water partition coefficient (Wildman–Crippen LogP) is 1.99. The molecule has 0 bridgehead atoms. The van der Waals surface area contributed by atoms with Crippen molar-refractivity contribution < 1.29 is 33.9 Å². The Morgan fingerprint density at radius 1 is 1.00 bits per heavy atom. The zero-order valence-corrected chi connectivity index (χ0v) is 24.5. The molecule has 220 valence electrons. The Labute approximate surface area is 239 Å². The van der Waals surface area contributed by atoms with Crippen LogP contribution in [0.3, 0.4) is 0 Å². The van der Waals surface area contributed by atoms with E-state index in [-0.39, 0.29) is 18.7 Å². The molecule has 4 atom stereocenters. The number of carboxylic acids is 1. The first kappa shape index (κ1) is 33.1. The van der Waals surface area contributed by atoms with Gasteiger partial charge in [0, 0.05) is 24.3 Å². The number of amides is 2. The molecular weight excluding hydrogens is 536 g/mol. The highest BCUT2D eigenvalue weighted by Gasteiger charge is 2.62. The first-order valence-corrected chi connectivity index (χ1v) is 14.3. The second kappa shape index (κ2) is 14.0. The van der Waals surface area contributed by atoms with Gasteiger partial charge in [-0.2, -0.15) is 0 Å². The summed E-state index contributed by atoms with van der Waals surface area (Å²) in [6.45, 7) is 7.38. The molecule has 11 nitrogen and oxygen atoms in total. The van der Waals surface area contributed by atoms with Gasteiger partial charge in [-0.15, -0.1) is 0 Å². The number of hydrogen-bond acceptors (Lipinski definition) is 9. The van der Waals surface area contributed by atoms with Crippen molar-refractivity contribution >= 4 is 46.2 Å². The molecule has 0 aromatic heterocycles. The highest BCUT2D eigenvalue weighted by atomic mass is 32.2. The van der Waals surface area contributed by atoms with Crippen LogP contribution in [0.1, 0.15) is 59.4 Å². The molecule has 1 unspecified atom stereocenters. The van der Waals surface area contributed by atoms with Gasteiger partial charge in [0.15, 0.2) is 17.3 Å². The van der Waals surface area contributed by atoms with E-state index in [4.69, 9.17) is 11.5 Å². The summed E-state index contributed by atoms with van der Waals surface area (Å²) < 4.78 is 0. The maximum atomic E-state index is 14.6. The van der Waals surface area contributed by atoms with Crippen molar-refractivity contribution in [3.8, 4) is 0 Å². The van der Waals surface area contributed by atoms with Crippen LogP contribution in [0.25, 0.3) is 0 Å². The van der Waals surface area contributed by atoms with Gasteiger partial charge in [-0.25, -0.2) is 0 Å². The predicted molar refractivity (Wildman–Crippen MR) is 151 cm³/mol. The summed E-state index contributed by atoms with van der Waals surface area (Å²) in [5.74, 6) is -5.42. The summed E-state index contributed by atoms with van der Waals surface area (Å²) in [7, 11) is 0. The lowest BCUT2D eigenvalue weighted by Crippen LogP contribution is -2.75. The first-order valence-electron chi connectivity index (χ1n) is 13.3. The maximum absolute atomic E-state index is 14.6. The van der Waals surface area contributed by atoms with E-state index in [0.29, 0.717) is 6.42 Å². The van der Waals surface area contributed by atoms with Gasteiger partial charge in [-0.3, -0.25) is 28.8 Å². The van der Waals surface area contributed by atoms with Crippen LogP contribution in [0.15, 0.2) is 30.3 Å². The Morgan fingerprint density at radius 2 is 1.55 bits per heavy atom. The summed E-state index contributed by atoms with van der Waals surface area (Å²) in [5, 5.41) is 8.48. The van der Waals surface area contributed by atoms with E-state index in [2.05, 4.69) is 0 Å². The van der Waals surface area contributed by atoms with Gasteiger partial charge in [-0.1, -0.05) is 49.0 Å². The lowest BCUT2D eigenvalue weighted by atomic mass is 9.74. The number of benzene rings is 1. The SMILES string of the molecule is CC(CC(=O)O)C(=O)N1CCC[C@H]1C(=O)C(C(=O)[C@H](C)N)(C(=O)[C@H](C)N)N(C(=O)SCc1ccccc1)C(C)C. The molecule has 2 rings (SSSR count). The highest BCUT2D eigenvalue weighted by molar-refractivity contribution is 8.12. The molecule has 0 aliphatic carbocycles. The number of nitrogens with two attached hydrogens (primary N) is 2. The van der Waals surface area contributed by atoms with E-state index in [0.717, 1.165) is 22.2 Å². The van der Waals surface area contributed by atoms with Gasteiger partial charge in [-0.05, 0) is 46.1 Å². The third-order valence-corrected chi connectivity index (χ3v) is 7.84. The number of ketones is 3. The molecule has 1 aromatic carbocycles. The van der Waals surface area contributed by atoms with Crippen LogP contribution in [0.4, 0.5) is 4.79 Å². The standard InChI is InChI=1S/C28H40N4O7S/c1-16(2)32(27(39)40-15-20-10-7-6-8-11-20)28(23(35)18(4)29,24(36)19(5)30)25(37)21-12-9-13-31(21)26(38)17(3)14-22(33)34/h6-8,10-11,16-19,21H,9,12-15,29-30H2,1-5H3,(H,33,34)/t17?,18-,19-,21-/m0/s1. The molecule has 1 fully saturated rings. The summed E-state index contributed by atoms with van der Waals surface area (Å²) >= 11 is 0.833. The van der Waals surface area contributed by atoms with Crippen molar-refractivity contribution in [1.29, 1.82) is 0 Å². The van der Waals surface area contributed by atoms with Gasteiger partial charge in [0.2, 0.25) is 11.4 Å². The fraction of sp³-hybridized carbons (Fsp3) is 0.571. The number of Topliss-reactive ketones (excluding diaryl/α,β-unsaturated/α-hetero) is 3. The van der Waals surface area contributed by atoms with Gasteiger partial charge in [0.1, 0.15) is 0 Å². The number of nitrogens with zero attached hydrogens (tertiary/aromatic N) is 2. The van der Waals surface area contributed by atoms with E-state index in [9.17, 15) is 33.9 Å². The number of carbonyl (C=O) groups is 6. The average molecular weight is 577 g/mol. The van der Waals surface area contributed by atoms with Crippen LogP contribution >= 0.6 is 11.8 Å². The minimum Gasteiger partial charge on any atom is -0.481 e. The van der Waals surface area contributed by atoms with Crippen LogP contribution in [-0.2, 0) is 29.7 Å². The number of carbonyl (C=O) groups excluding carboxylic acids is 5. The number of aliphatic carboxylic acids is 1. The maximum Gasteiger partial charge on any atom is 0.304 e. The van der Waals surface area contributed by atoms with E-state index in [1.807, 2.05) is 30.3 Å². The molecule has 0 spiro atoms. The monoisotopic (exact) mass is 576 g/mol. The minimum atomic E-state index is -2.68. The van der Waals surface area contributed by atoms with Gasteiger partial charge in [0.05, 0.1) is 24.5 Å². The second-order valence-electron chi connectivity index (χ2n) is 10.6. The van der Waals surface area contributed by atoms with Crippen molar-refractivity contribution in [3.63, 3.8) is 0 Å². The van der Waals surface area contributed by atoms with Crippen LogP contribution in [0, 0.1) is 5.92 Å². The Kier molecular flexibility index (Phi) is 11.6. The van der Waals surface area contributed by atoms with E-state index >= 15 is 0 Å². The van der Waals surface area contributed by atoms with Crippen molar-refractivity contribution in [2.24, 2.45) is 17.4 Å². The van der Waals surface area contributed by atoms with Crippen LogP contribution in [-0.4, -0.2) is 85.6 Å². The normalized spacial score (nSPS) is 17.7. The van der Waals surface area contributed by atoms with Gasteiger partial charge >= 0.3 is 5.97 Å². The third kappa shape index (κ3) is 6.97. The molecule has 2 amide bonds. The van der Waals surface area contributed by atoms with Crippen molar-refractivity contribution in [2.75, 3.05) is 6.54 Å². The van der Waals surface area contributed by atoms with Crippen LogP contribution in [0.2, 0.25) is 0 Å². The number of carboxylic acid groups (broad SMARTS) is 1. The lowest BCUT2D eigenvalue weighted by molar-refractivity contribution is -0.156. The number of thioether (sulfide) groups is 1.